The molecule has 0 aromatic rings. The number of Topliss-reactive ketones (excluding diaryl/α,β-unsaturated/α-hetero) is 1. The van der Waals surface area contributed by atoms with Gasteiger partial charge in [0.15, 0.2) is 5.78 Å². The summed E-state index contributed by atoms with van der Waals surface area (Å²) in [6, 6.07) is 0. The van der Waals surface area contributed by atoms with Gasteiger partial charge in [-0.05, 0) is 19.3 Å². The molecular weight excluding hydrogens is 136 g/mol. The maximum Gasteiger partial charge on any atom is 0.162 e. The zero-order valence-electron chi connectivity index (χ0n) is 6.97. The van der Waals surface area contributed by atoms with Gasteiger partial charge >= 0.3 is 0 Å². The Kier molecular flexibility index (Phi) is 3.09. The molecule has 0 radical (unpaired) electrons. The van der Waals surface area contributed by atoms with Gasteiger partial charge in [0.2, 0.25) is 0 Å². The van der Waals surface area contributed by atoms with Gasteiger partial charge in [-0.3, -0.25) is 4.79 Å². The number of allylic oxidation sites excluding steroid dienone is 4. The van der Waals surface area contributed by atoms with Gasteiger partial charge in [-0.25, -0.2) is 0 Å². The Morgan fingerprint density at radius 2 is 2.36 bits per heavy atom. The van der Waals surface area contributed by atoms with Crippen molar-refractivity contribution in [1.29, 1.82) is 0 Å². The van der Waals surface area contributed by atoms with Gasteiger partial charge < -0.3 is 0 Å². The molecule has 0 fully saturated rings. The van der Waals surface area contributed by atoms with Crippen LogP contribution in [0.25, 0.3) is 0 Å². The average Bonchev–Trinajstić information content (AvgIpc) is 2.07. The van der Waals surface area contributed by atoms with Crippen molar-refractivity contribution in [2.75, 3.05) is 0 Å². The summed E-state index contributed by atoms with van der Waals surface area (Å²) < 4.78 is 0. The minimum Gasteiger partial charge on any atom is -0.294 e. The van der Waals surface area contributed by atoms with Crippen LogP contribution >= 0.6 is 0 Å². The lowest BCUT2D eigenvalue weighted by molar-refractivity contribution is -0.115. The van der Waals surface area contributed by atoms with Crippen molar-refractivity contribution in [2.45, 2.75) is 32.6 Å². The molecule has 0 bridgehead atoms. The largest absolute Gasteiger partial charge is 0.294 e. The lowest BCUT2D eigenvalue weighted by atomic mass is 10.0. The SMILES string of the molecule is CCCC(=O)C1=CCCC=C1. The van der Waals surface area contributed by atoms with Crippen LogP contribution < -0.4 is 0 Å². The second kappa shape index (κ2) is 4.12. The average molecular weight is 150 g/mol. The molecule has 0 atom stereocenters. The lowest BCUT2D eigenvalue weighted by Crippen LogP contribution is -2.01. The summed E-state index contributed by atoms with van der Waals surface area (Å²) in [7, 11) is 0. The maximum atomic E-state index is 11.3. The molecule has 60 valence electrons. The smallest absolute Gasteiger partial charge is 0.162 e. The number of ketones is 1. The summed E-state index contributed by atoms with van der Waals surface area (Å²) >= 11 is 0. The van der Waals surface area contributed by atoms with Crippen molar-refractivity contribution in [2.24, 2.45) is 0 Å². The second-order valence-electron chi connectivity index (χ2n) is 2.81. The first-order chi connectivity index (χ1) is 5.34. The number of rotatable bonds is 3. The van der Waals surface area contributed by atoms with Crippen LogP contribution in [0.2, 0.25) is 0 Å². The molecule has 11 heavy (non-hydrogen) atoms. The van der Waals surface area contributed by atoms with Crippen LogP contribution in [-0.4, -0.2) is 5.78 Å². The van der Waals surface area contributed by atoms with E-state index in [1.807, 2.05) is 19.1 Å². The summed E-state index contributed by atoms with van der Waals surface area (Å²) in [5, 5.41) is 0. The molecule has 0 heterocycles. The highest BCUT2D eigenvalue weighted by Crippen LogP contribution is 2.12. The Balaban J connectivity index is 2.52. The molecule has 0 amide bonds. The molecule has 1 heteroatoms. The molecule has 1 rings (SSSR count). The van der Waals surface area contributed by atoms with E-state index in [1.54, 1.807) is 0 Å². The summed E-state index contributed by atoms with van der Waals surface area (Å²) in [4.78, 5) is 11.3. The molecule has 0 unspecified atom stereocenters. The van der Waals surface area contributed by atoms with E-state index in [1.165, 1.54) is 0 Å². The molecule has 0 N–H and O–H groups in total. The predicted molar refractivity (Wildman–Crippen MR) is 46.4 cm³/mol. The van der Waals surface area contributed by atoms with Gasteiger partial charge in [-0.15, -0.1) is 0 Å². The fourth-order valence-electron chi connectivity index (χ4n) is 1.19. The zero-order chi connectivity index (χ0) is 8.10. The van der Waals surface area contributed by atoms with E-state index in [0.29, 0.717) is 12.2 Å². The summed E-state index contributed by atoms with van der Waals surface area (Å²) in [6.07, 6.45) is 9.81. The Bertz CT molecular complexity index is 199. The third-order valence-corrected chi connectivity index (χ3v) is 1.79. The van der Waals surface area contributed by atoms with Gasteiger partial charge in [0, 0.05) is 12.0 Å². The molecule has 1 aliphatic carbocycles. The predicted octanol–water partition coefficient (Wildman–Crippen LogP) is 2.63. The third-order valence-electron chi connectivity index (χ3n) is 1.79. The minimum atomic E-state index is 0.295. The van der Waals surface area contributed by atoms with E-state index in [-0.39, 0.29) is 0 Å². The Labute approximate surface area is 67.8 Å². The molecule has 0 aromatic heterocycles. The first-order valence-corrected chi connectivity index (χ1v) is 4.24. The summed E-state index contributed by atoms with van der Waals surface area (Å²) in [5.74, 6) is 0.295. The molecule has 1 aliphatic rings. The third kappa shape index (κ3) is 2.34. The Hall–Kier alpha value is -0.850. The molecule has 0 aliphatic heterocycles. The van der Waals surface area contributed by atoms with E-state index in [4.69, 9.17) is 0 Å². The fraction of sp³-hybridized carbons (Fsp3) is 0.500. The quantitative estimate of drug-likeness (QED) is 0.604. The van der Waals surface area contributed by atoms with Crippen LogP contribution in [0, 0.1) is 0 Å². The van der Waals surface area contributed by atoms with Gasteiger partial charge in [0.1, 0.15) is 0 Å². The monoisotopic (exact) mass is 150 g/mol. The van der Waals surface area contributed by atoms with Gasteiger partial charge in [0.05, 0.1) is 0 Å². The molecule has 0 spiro atoms. The van der Waals surface area contributed by atoms with Gasteiger partial charge in [-0.2, -0.15) is 0 Å². The number of hydrogen-bond donors (Lipinski definition) is 0. The first kappa shape index (κ1) is 8.25. The molecular formula is C10H14O. The van der Waals surface area contributed by atoms with Crippen LogP contribution in [0.15, 0.2) is 23.8 Å². The highest BCUT2D eigenvalue weighted by atomic mass is 16.1. The van der Waals surface area contributed by atoms with Gasteiger partial charge in [-0.1, -0.05) is 25.2 Å². The maximum absolute atomic E-state index is 11.3. The highest BCUT2D eigenvalue weighted by Gasteiger charge is 2.05. The highest BCUT2D eigenvalue weighted by molar-refractivity contribution is 5.98. The molecule has 1 nitrogen and oxygen atoms in total. The van der Waals surface area contributed by atoms with Crippen LogP contribution in [0.1, 0.15) is 32.6 Å². The molecule has 0 saturated carbocycles. The standard InChI is InChI=1S/C10H14O/c1-2-6-10(11)9-7-4-3-5-8-9/h4,7-8H,2-3,5-6H2,1H3. The Morgan fingerprint density at radius 1 is 1.55 bits per heavy atom. The fourth-order valence-corrected chi connectivity index (χ4v) is 1.19. The second-order valence-corrected chi connectivity index (χ2v) is 2.81. The first-order valence-electron chi connectivity index (χ1n) is 4.24. The van der Waals surface area contributed by atoms with Crippen LogP contribution in [0.5, 0.6) is 0 Å². The van der Waals surface area contributed by atoms with E-state index < -0.39 is 0 Å². The summed E-state index contributed by atoms with van der Waals surface area (Å²) in [5.41, 5.74) is 0.915. The van der Waals surface area contributed by atoms with Crippen molar-refractivity contribution in [1.82, 2.24) is 0 Å². The van der Waals surface area contributed by atoms with Crippen LogP contribution in [0.3, 0.4) is 0 Å². The lowest BCUT2D eigenvalue weighted by Gasteiger charge is -2.03. The van der Waals surface area contributed by atoms with Crippen molar-refractivity contribution >= 4 is 5.78 Å². The summed E-state index contributed by atoms with van der Waals surface area (Å²) in [6.45, 7) is 2.03. The van der Waals surface area contributed by atoms with E-state index in [0.717, 1.165) is 24.8 Å². The van der Waals surface area contributed by atoms with E-state index >= 15 is 0 Å². The normalized spacial score (nSPS) is 16.3. The zero-order valence-corrected chi connectivity index (χ0v) is 6.97. The molecule has 0 saturated heterocycles. The topological polar surface area (TPSA) is 17.1 Å². The Morgan fingerprint density at radius 3 is 2.91 bits per heavy atom. The number of hydrogen-bond acceptors (Lipinski definition) is 1. The number of carbonyl (C=O) groups is 1. The minimum absolute atomic E-state index is 0.295. The van der Waals surface area contributed by atoms with Gasteiger partial charge in [0.25, 0.3) is 0 Å². The van der Waals surface area contributed by atoms with Crippen molar-refractivity contribution in [3.8, 4) is 0 Å². The van der Waals surface area contributed by atoms with E-state index in [2.05, 4.69) is 6.08 Å². The van der Waals surface area contributed by atoms with Crippen LogP contribution in [0.4, 0.5) is 0 Å². The van der Waals surface area contributed by atoms with E-state index in [9.17, 15) is 4.79 Å². The molecule has 0 aromatic carbocycles. The van der Waals surface area contributed by atoms with Crippen molar-refractivity contribution in [3.05, 3.63) is 23.8 Å². The number of carbonyl (C=O) groups excluding carboxylic acids is 1. The van der Waals surface area contributed by atoms with Crippen molar-refractivity contribution < 1.29 is 4.79 Å². The van der Waals surface area contributed by atoms with Crippen LogP contribution in [-0.2, 0) is 4.79 Å². The van der Waals surface area contributed by atoms with Crippen molar-refractivity contribution in [3.63, 3.8) is 0 Å².